The number of hydrogen-bond donors (Lipinski definition) is 2. The molecule has 0 unspecified atom stereocenters. The van der Waals surface area contributed by atoms with Gasteiger partial charge in [-0.25, -0.2) is 4.98 Å². The lowest BCUT2D eigenvalue weighted by atomic mass is 10.3. The van der Waals surface area contributed by atoms with Crippen molar-refractivity contribution in [3.63, 3.8) is 0 Å². The molecule has 0 aliphatic heterocycles. The Balaban J connectivity index is 2.69. The topological polar surface area (TPSA) is 64.1 Å². The molecule has 1 aromatic heterocycles. The zero-order valence-corrected chi connectivity index (χ0v) is 9.03. The largest absolute Gasteiger partial charge is 0.398 e. The van der Waals surface area contributed by atoms with Crippen LogP contribution in [0.25, 0.3) is 11.0 Å². The first kappa shape index (κ1) is 9.48. The first-order valence-corrected chi connectivity index (χ1v) is 5.03. The number of aromatic nitrogens is 2. The summed E-state index contributed by atoms with van der Waals surface area (Å²) in [5.74, 6) is 0. The molecule has 0 aliphatic carbocycles. The Morgan fingerprint density at radius 1 is 1.50 bits per heavy atom. The molecule has 2 aromatic rings. The van der Waals surface area contributed by atoms with E-state index in [4.69, 9.17) is 10.8 Å². The van der Waals surface area contributed by atoms with Crippen molar-refractivity contribution in [1.82, 2.24) is 9.55 Å². The van der Waals surface area contributed by atoms with Crippen molar-refractivity contribution >= 4 is 32.7 Å². The standard InChI is InChI=1S/C9H10BrN3O/c10-8-6(11)1-2-7-9(8)13(3-4-14)5-12-7/h1-2,5,14H,3-4,11H2. The third kappa shape index (κ3) is 1.38. The van der Waals surface area contributed by atoms with Gasteiger partial charge in [-0.3, -0.25) is 0 Å². The first-order valence-electron chi connectivity index (χ1n) is 4.23. The van der Waals surface area contributed by atoms with E-state index in [1.165, 1.54) is 0 Å². The fourth-order valence-corrected chi connectivity index (χ4v) is 1.98. The Hall–Kier alpha value is -1.07. The normalized spacial score (nSPS) is 11.0. The number of aliphatic hydroxyl groups is 1. The van der Waals surface area contributed by atoms with Crippen molar-refractivity contribution in [2.24, 2.45) is 0 Å². The van der Waals surface area contributed by atoms with Crippen LogP contribution < -0.4 is 5.73 Å². The molecule has 0 radical (unpaired) electrons. The third-order valence-corrected chi connectivity index (χ3v) is 2.92. The number of aliphatic hydroxyl groups excluding tert-OH is 1. The van der Waals surface area contributed by atoms with E-state index >= 15 is 0 Å². The predicted molar refractivity (Wildman–Crippen MR) is 58.9 cm³/mol. The number of anilines is 1. The number of nitrogens with zero attached hydrogens (tertiary/aromatic N) is 2. The minimum atomic E-state index is 0.0900. The van der Waals surface area contributed by atoms with E-state index in [1.807, 2.05) is 16.7 Å². The maximum Gasteiger partial charge on any atom is 0.0959 e. The van der Waals surface area contributed by atoms with E-state index in [2.05, 4.69) is 20.9 Å². The number of nitrogens with two attached hydrogens (primary N) is 1. The molecule has 0 saturated heterocycles. The van der Waals surface area contributed by atoms with Gasteiger partial charge < -0.3 is 15.4 Å². The van der Waals surface area contributed by atoms with Crippen LogP contribution in [0, 0.1) is 0 Å². The van der Waals surface area contributed by atoms with Gasteiger partial charge in [-0.05, 0) is 28.1 Å². The molecule has 0 aliphatic rings. The fraction of sp³-hybridized carbons (Fsp3) is 0.222. The predicted octanol–water partition coefficient (Wildman–Crippen LogP) is 1.37. The summed E-state index contributed by atoms with van der Waals surface area (Å²) in [5.41, 5.74) is 8.24. The second kappa shape index (κ2) is 3.59. The van der Waals surface area contributed by atoms with Crippen LogP contribution in [-0.2, 0) is 6.54 Å². The van der Waals surface area contributed by atoms with Crippen LogP contribution in [0.1, 0.15) is 0 Å². The molecule has 74 valence electrons. The lowest BCUT2D eigenvalue weighted by Crippen LogP contribution is -2.01. The number of benzene rings is 1. The lowest BCUT2D eigenvalue weighted by Gasteiger charge is -2.04. The highest BCUT2D eigenvalue weighted by molar-refractivity contribution is 9.10. The molecule has 5 heteroatoms. The van der Waals surface area contributed by atoms with E-state index in [0.29, 0.717) is 12.2 Å². The van der Waals surface area contributed by atoms with Gasteiger partial charge in [0.2, 0.25) is 0 Å². The van der Waals surface area contributed by atoms with Gasteiger partial charge in [0, 0.05) is 12.2 Å². The highest BCUT2D eigenvalue weighted by atomic mass is 79.9. The smallest absolute Gasteiger partial charge is 0.0959 e. The van der Waals surface area contributed by atoms with Crippen LogP contribution in [0.15, 0.2) is 22.9 Å². The van der Waals surface area contributed by atoms with Crippen LogP contribution in [0.3, 0.4) is 0 Å². The van der Waals surface area contributed by atoms with E-state index in [0.717, 1.165) is 15.5 Å². The van der Waals surface area contributed by atoms with Gasteiger partial charge in [-0.2, -0.15) is 0 Å². The van der Waals surface area contributed by atoms with Gasteiger partial charge in [0.15, 0.2) is 0 Å². The highest BCUT2D eigenvalue weighted by Gasteiger charge is 2.08. The van der Waals surface area contributed by atoms with E-state index < -0.39 is 0 Å². The molecular formula is C9H10BrN3O. The molecule has 4 nitrogen and oxygen atoms in total. The number of nitrogen functional groups attached to an aromatic ring is 1. The second-order valence-corrected chi connectivity index (χ2v) is 3.79. The SMILES string of the molecule is Nc1ccc2ncn(CCO)c2c1Br. The summed E-state index contributed by atoms with van der Waals surface area (Å²) in [7, 11) is 0. The van der Waals surface area contributed by atoms with Gasteiger partial charge in [0.25, 0.3) is 0 Å². The summed E-state index contributed by atoms with van der Waals surface area (Å²) in [6.45, 7) is 0.616. The minimum absolute atomic E-state index is 0.0900. The monoisotopic (exact) mass is 255 g/mol. The van der Waals surface area contributed by atoms with Crippen LogP contribution in [0.4, 0.5) is 5.69 Å². The number of rotatable bonds is 2. The van der Waals surface area contributed by atoms with Crippen LogP contribution in [-0.4, -0.2) is 21.3 Å². The molecule has 0 spiro atoms. The number of hydrogen-bond acceptors (Lipinski definition) is 3. The molecule has 0 bridgehead atoms. The zero-order valence-electron chi connectivity index (χ0n) is 7.44. The van der Waals surface area contributed by atoms with Crippen molar-refractivity contribution in [1.29, 1.82) is 0 Å². The average Bonchev–Trinajstić information content (AvgIpc) is 2.57. The lowest BCUT2D eigenvalue weighted by molar-refractivity contribution is 0.278. The maximum atomic E-state index is 8.86. The molecular weight excluding hydrogens is 246 g/mol. The molecule has 1 aromatic carbocycles. The van der Waals surface area contributed by atoms with Gasteiger partial charge in [0.1, 0.15) is 0 Å². The molecule has 0 amide bonds. The van der Waals surface area contributed by atoms with Crippen LogP contribution in [0.5, 0.6) is 0 Å². The third-order valence-electron chi connectivity index (χ3n) is 2.09. The Bertz CT molecular complexity index is 466. The molecule has 1 heterocycles. The zero-order chi connectivity index (χ0) is 10.1. The van der Waals surface area contributed by atoms with Crippen molar-refractivity contribution in [3.8, 4) is 0 Å². The maximum absolute atomic E-state index is 8.86. The molecule has 0 fully saturated rings. The van der Waals surface area contributed by atoms with Crippen LogP contribution in [0.2, 0.25) is 0 Å². The molecule has 2 rings (SSSR count). The Labute approximate surface area is 89.5 Å². The van der Waals surface area contributed by atoms with Crippen molar-refractivity contribution in [3.05, 3.63) is 22.9 Å². The van der Waals surface area contributed by atoms with E-state index in [-0.39, 0.29) is 6.61 Å². The Kier molecular flexibility index (Phi) is 2.43. The van der Waals surface area contributed by atoms with Crippen molar-refractivity contribution < 1.29 is 5.11 Å². The average molecular weight is 256 g/mol. The summed E-state index contributed by atoms with van der Waals surface area (Å²) in [6, 6.07) is 3.67. The Morgan fingerprint density at radius 3 is 3.00 bits per heavy atom. The summed E-state index contributed by atoms with van der Waals surface area (Å²) in [5, 5.41) is 8.86. The minimum Gasteiger partial charge on any atom is -0.398 e. The van der Waals surface area contributed by atoms with E-state index in [1.54, 1.807) is 6.33 Å². The number of halogens is 1. The van der Waals surface area contributed by atoms with Gasteiger partial charge in [-0.15, -0.1) is 0 Å². The number of imidazole rings is 1. The van der Waals surface area contributed by atoms with Gasteiger partial charge in [-0.1, -0.05) is 0 Å². The first-order chi connectivity index (χ1) is 6.74. The molecule has 0 atom stereocenters. The summed E-state index contributed by atoms with van der Waals surface area (Å²) >= 11 is 3.41. The summed E-state index contributed by atoms with van der Waals surface area (Å²) < 4.78 is 2.71. The van der Waals surface area contributed by atoms with Crippen LogP contribution >= 0.6 is 15.9 Å². The molecule has 14 heavy (non-hydrogen) atoms. The van der Waals surface area contributed by atoms with Gasteiger partial charge >= 0.3 is 0 Å². The summed E-state index contributed by atoms with van der Waals surface area (Å²) in [4.78, 5) is 4.21. The number of fused-ring (bicyclic) bond motifs is 1. The van der Waals surface area contributed by atoms with Crippen molar-refractivity contribution in [2.45, 2.75) is 6.54 Å². The van der Waals surface area contributed by atoms with Crippen molar-refractivity contribution in [2.75, 3.05) is 12.3 Å². The molecule has 0 saturated carbocycles. The fourth-order valence-electron chi connectivity index (χ4n) is 1.41. The molecule has 3 N–H and O–H groups in total. The Morgan fingerprint density at radius 2 is 2.29 bits per heavy atom. The van der Waals surface area contributed by atoms with E-state index in [9.17, 15) is 0 Å². The second-order valence-electron chi connectivity index (χ2n) is 3.00. The van der Waals surface area contributed by atoms with Gasteiger partial charge in [0.05, 0.1) is 28.4 Å². The summed E-state index contributed by atoms with van der Waals surface area (Å²) in [6.07, 6.45) is 1.70. The highest BCUT2D eigenvalue weighted by Crippen LogP contribution is 2.28. The quantitative estimate of drug-likeness (QED) is 0.797.